The molecule has 0 aliphatic carbocycles. The summed E-state index contributed by atoms with van der Waals surface area (Å²) >= 11 is 0. The molecule has 0 heterocycles. The van der Waals surface area contributed by atoms with Gasteiger partial charge in [0.2, 0.25) is 0 Å². The molecule has 23 heavy (non-hydrogen) atoms. The highest BCUT2D eigenvalue weighted by molar-refractivity contribution is 6.11. The number of ketones is 1. The van der Waals surface area contributed by atoms with Crippen molar-refractivity contribution >= 4 is 5.78 Å². The summed E-state index contributed by atoms with van der Waals surface area (Å²) in [5.41, 5.74) is 4.61. The van der Waals surface area contributed by atoms with Crippen molar-refractivity contribution in [3.8, 4) is 0 Å². The van der Waals surface area contributed by atoms with Gasteiger partial charge in [0.25, 0.3) is 0 Å². The molecule has 0 aliphatic rings. The van der Waals surface area contributed by atoms with Gasteiger partial charge in [-0.15, -0.1) is 0 Å². The Morgan fingerprint density at radius 1 is 0.739 bits per heavy atom. The zero-order valence-corrected chi connectivity index (χ0v) is 13.1. The molecule has 0 spiro atoms. The van der Waals surface area contributed by atoms with Gasteiger partial charge in [-0.1, -0.05) is 78.9 Å². The van der Waals surface area contributed by atoms with Crippen molar-refractivity contribution < 1.29 is 4.79 Å². The number of aryl methyl sites for hydroxylation is 1. The predicted octanol–water partition coefficient (Wildman–Crippen LogP) is 5.03. The molecule has 3 rings (SSSR count). The van der Waals surface area contributed by atoms with Crippen LogP contribution in [0.5, 0.6) is 0 Å². The molecule has 1 nitrogen and oxygen atoms in total. The molecule has 0 unspecified atom stereocenters. The van der Waals surface area contributed by atoms with Crippen molar-refractivity contribution in [1.82, 2.24) is 0 Å². The Labute approximate surface area is 137 Å². The van der Waals surface area contributed by atoms with Gasteiger partial charge in [-0.3, -0.25) is 4.79 Å². The third-order valence-electron chi connectivity index (χ3n) is 3.96. The van der Waals surface area contributed by atoms with Crippen LogP contribution in [0.25, 0.3) is 0 Å². The maximum absolute atomic E-state index is 13.1. The standard InChI is InChI=1S/C22H18O/c1-16-13-14-20(15-17(16)2)21(18-9-5-3-6-10-18)22(23)19-11-7-4-8-12-19/h3-15H,1H2,2H3. The van der Waals surface area contributed by atoms with Crippen molar-refractivity contribution in [3.05, 3.63) is 120 Å². The van der Waals surface area contributed by atoms with Gasteiger partial charge in [-0.05, 0) is 36.1 Å². The summed E-state index contributed by atoms with van der Waals surface area (Å²) in [4.78, 5) is 13.1. The van der Waals surface area contributed by atoms with E-state index in [0.717, 1.165) is 28.2 Å². The van der Waals surface area contributed by atoms with Crippen molar-refractivity contribution in [2.75, 3.05) is 0 Å². The van der Waals surface area contributed by atoms with Crippen LogP contribution in [-0.2, 0) is 0 Å². The van der Waals surface area contributed by atoms with E-state index < -0.39 is 0 Å². The third-order valence-corrected chi connectivity index (χ3v) is 3.96. The van der Waals surface area contributed by atoms with Crippen LogP contribution in [0, 0.1) is 19.8 Å². The summed E-state index contributed by atoms with van der Waals surface area (Å²) in [5.74, 6) is 0.757. The SMILES string of the molecule is [CH2]c1ccc([C](C(=O)c2ccccc2)c2ccccc2)cc1C. The normalized spacial score (nSPS) is 10.7. The lowest BCUT2D eigenvalue weighted by Crippen LogP contribution is -2.15. The largest absolute Gasteiger partial charge is 0.293 e. The number of hydrogen-bond acceptors (Lipinski definition) is 1. The number of carbonyl (C=O) groups excluding carboxylic acids is 1. The van der Waals surface area contributed by atoms with E-state index in [0.29, 0.717) is 5.56 Å². The van der Waals surface area contributed by atoms with E-state index in [1.807, 2.05) is 85.8 Å². The zero-order valence-electron chi connectivity index (χ0n) is 13.1. The fraction of sp³-hybridized carbons (Fsp3) is 0.0455. The fourth-order valence-electron chi connectivity index (χ4n) is 2.62. The molecule has 0 atom stereocenters. The van der Waals surface area contributed by atoms with Crippen LogP contribution in [0.15, 0.2) is 78.9 Å². The molecule has 0 saturated heterocycles. The summed E-state index contributed by atoms with van der Waals surface area (Å²) in [6, 6.07) is 25.2. The molecule has 0 bridgehead atoms. The van der Waals surface area contributed by atoms with Crippen molar-refractivity contribution in [3.63, 3.8) is 0 Å². The van der Waals surface area contributed by atoms with Crippen molar-refractivity contribution in [2.45, 2.75) is 6.92 Å². The lowest BCUT2D eigenvalue weighted by atomic mass is 9.84. The van der Waals surface area contributed by atoms with Gasteiger partial charge >= 0.3 is 0 Å². The number of rotatable bonds is 4. The van der Waals surface area contributed by atoms with Gasteiger partial charge < -0.3 is 0 Å². The second-order valence-corrected chi connectivity index (χ2v) is 5.58. The molecular formula is C22H18O. The van der Waals surface area contributed by atoms with E-state index in [1.54, 1.807) is 0 Å². The van der Waals surface area contributed by atoms with Crippen LogP contribution in [0.3, 0.4) is 0 Å². The van der Waals surface area contributed by atoms with Crippen molar-refractivity contribution in [2.24, 2.45) is 0 Å². The summed E-state index contributed by atoms with van der Waals surface area (Å²) in [5, 5.41) is 0. The van der Waals surface area contributed by atoms with E-state index >= 15 is 0 Å². The number of benzene rings is 3. The molecule has 112 valence electrons. The first-order valence-electron chi connectivity index (χ1n) is 7.62. The maximum Gasteiger partial charge on any atom is 0.179 e. The monoisotopic (exact) mass is 298 g/mol. The Morgan fingerprint density at radius 2 is 1.30 bits per heavy atom. The lowest BCUT2D eigenvalue weighted by molar-refractivity contribution is 0.102. The minimum atomic E-state index is 0.0352. The molecule has 0 aromatic heterocycles. The van der Waals surface area contributed by atoms with Crippen molar-refractivity contribution in [1.29, 1.82) is 0 Å². The van der Waals surface area contributed by atoms with E-state index in [4.69, 9.17) is 0 Å². The summed E-state index contributed by atoms with van der Waals surface area (Å²) < 4.78 is 0. The maximum atomic E-state index is 13.1. The number of carbonyl (C=O) groups is 1. The van der Waals surface area contributed by atoms with Crippen LogP contribution >= 0.6 is 0 Å². The molecule has 1 heteroatoms. The van der Waals surface area contributed by atoms with Crippen LogP contribution < -0.4 is 0 Å². The molecule has 0 amide bonds. The first-order chi connectivity index (χ1) is 11.2. The van der Waals surface area contributed by atoms with E-state index in [-0.39, 0.29) is 5.78 Å². The molecule has 3 aromatic carbocycles. The molecule has 0 saturated carbocycles. The van der Waals surface area contributed by atoms with Gasteiger partial charge in [0.05, 0.1) is 0 Å². The Kier molecular flexibility index (Phi) is 4.38. The van der Waals surface area contributed by atoms with Gasteiger partial charge in [0, 0.05) is 5.56 Å². The highest BCUT2D eigenvalue weighted by Crippen LogP contribution is 2.28. The Bertz CT molecular complexity index is 804. The van der Waals surface area contributed by atoms with Gasteiger partial charge in [-0.25, -0.2) is 0 Å². The molecule has 3 aromatic rings. The smallest absolute Gasteiger partial charge is 0.179 e. The summed E-state index contributed by atoms with van der Waals surface area (Å²) in [6.45, 7) is 6.02. The van der Waals surface area contributed by atoms with E-state index in [2.05, 4.69) is 6.92 Å². The fourth-order valence-corrected chi connectivity index (χ4v) is 2.62. The number of Topliss-reactive ketones (excluding diaryl/α,β-unsaturated/α-hetero) is 1. The minimum Gasteiger partial charge on any atom is -0.293 e. The number of hydrogen-bond donors (Lipinski definition) is 0. The Morgan fingerprint density at radius 3 is 1.87 bits per heavy atom. The van der Waals surface area contributed by atoms with Crippen LogP contribution in [0.1, 0.15) is 32.6 Å². The molecule has 0 N–H and O–H groups in total. The lowest BCUT2D eigenvalue weighted by Gasteiger charge is -2.17. The van der Waals surface area contributed by atoms with Crippen LogP contribution in [-0.4, -0.2) is 5.78 Å². The molecular weight excluding hydrogens is 280 g/mol. The average molecular weight is 298 g/mol. The van der Waals surface area contributed by atoms with Gasteiger partial charge in [0.1, 0.15) is 5.92 Å². The van der Waals surface area contributed by atoms with Crippen LogP contribution in [0.4, 0.5) is 0 Å². The second kappa shape index (κ2) is 6.62. The molecule has 2 radical (unpaired) electrons. The highest BCUT2D eigenvalue weighted by Gasteiger charge is 2.25. The Hall–Kier alpha value is -2.67. The second-order valence-electron chi connectivity index (χ2n) is 5.58. The minimum absolute atomic E-state index is 0.0352. The topological polar surface area (TPSA) is 17.1 Å². The average Bonchev–Trinajstić information content (AvgIpc) is 2.60. The first kappa shape index (κ1) is 15.2. The van der Waals surface area contributed by atoms with E-state index in [1.165, 1.54) is 0 Å². The third kappa shape index (κ3) is 3.24. The molecule has 0 fully saturated rings. The quantitative estimate of drug-likeness (QED) is 0.617. The first-order valence-corrected chi connectivity index (χ1v) is 7.62. The zero-order chi connectivity index (χ0) is 16.2. The summed E-state index contributed by atoms with van der Waals surface area (Å²) in [7, 11) is 0. The van der Waals surface area contributed by atoms with Gasteiger partial charge in [-0.2, -0.15) is 0 Å². The van der Waals surface area contributed by atoms with Gasteiger partial charge in [0.15, 0.2) is 5.78 Å². The highest BCUT2D eigenvalue weighted by atomic mass is 16.1. The van der Waals surface area contributed by atoms with E-state index in [9.17, 15) is 4.79 Å². The molecule has 0 aliphatic heterocycles. The van der Waals surface area contributed by atoms with Crippen LogP contribution in [0.2, 0.25) is 0 Å². The Balaban J connectivity index is 2.11. The predicted molar refractivity (Wildman–Crippen MR) is 94.3 cm³/mol. The summed E-state index contributed by atoms with van der Waals surface area (Å²) in [6.07, 6.45) is 0.